The molecule has 5 nitrogen and oxygen atoms in total. The minimum Gasteiger partial charge on any atom is -0.411 e. The van der Waals surface area contributed by atoms with E-state index in [-0.39, 0.29) is 12.0 Å². The predicted molar refractivity (Wildman–Crippen MR) is 72.7 cm³/mol. The van der Waals surface area contributed by atoms with Gasteiger partial charge in [0.15, 0.2) is 0 Å². The van der Waals surface area contributed by atoms with Crippen molar-refractivity contribution in [2.45, 2.75) is 32.3 Å². The predicted octanol–water partition coefficient (Wildman–Crippen LogP) is 2.39. The van der Waals surface area contributed by atoms with Crippen LogP contribution in [0.4, 0.5) is 5.69 Å². The molecule has 1 aliphatic rings. The minimum absolute atomic E-state index is 0.0453. The van der Waals surface area contributed by atoms with Gasteiger partial charge in [-0.25, -0.2) is 0 Å². The van der Waals surface area contributed by atoms with Gasteiger partial charge in [-0.05, 0) is 31.9 Å². The van der Waals surface area contributed by atoms with Crippen LogP contribution in [0.2, 0.25) is 0 Å². The zero-order valence-corrected chi connectivity index (χ0v) is 10.9. The van der Waals surface area contributed by atoms with E-state index in [4.69, 9.17) is 9.94 Å². The van der Waals surface area contributed by atoms with Gasteiger partial charge in [0.25, 0.3) is 0 Å². The Morgan fingerprint density at radius 2 is 2.42 bits per heavy atom. The standard InChI is InChI=1S/C14H18N2O3/c1-10(16-18)11-4-2-5-12(8-11)15-14(17)9-13-6-3-7-19-13/h2,4-5,8,13,18H,3,6-7,9H2,1H3,(H,15,17). The number of benzene rings is 1. The monoisotopic (exact) mass is 262 g/mol. The molecular weight excluding hydrogens is 244 g/mol. The summed E-state index contributed by atoms with van der Waals surface area (Å²) in [6.07, 6.45) is 2.41. The summed E-state index contributed by atoms with van der Waals surface area (Å²) in [6.45, 7) is 2.45. The molecule has 1 heterocycles. The number of nitrogens with zero attached hydrogens (tertiary/aromatic N) is 1. The van der Waals surface area contributed by atoms with Crippen LogP contribution in [0.15, 0.2) is 29.4 Å². The van der Waals surface area contributed by atoms with E-state index in [1.807, 2.05) is 18.2 Å². The third-order valence-corrected chi connectivity index (χ3v) is 3.15. The summed E-state index contributed by atoms with van der Waals surface area (Å²) in [5.41, 5.74) is 1.98. The van der Waals surface area contributed by atoms with Gasteiger partial charge in [0.1, 0.15) is 0 Å². The van der Waals surface area contributed by atoms with Crippen molar-refractivity contribution >= 4 is 17.3 Å². The molecule has 0 aromatic heterocycles. The highest BCUT2D eigenvalue weighted by molar-refractivity contribution is 6.00. The molecule has 0 saturated carbocycles. The molecule has 0 bridgehead atoms. The summed E-state index contributed by atoms with van der Waals surface area (Å²) >= 11 is 0. The van der Waals surface area contributed by atoms with E-state index >= 15 is 0 Å². The number of hydrogen-bond donors (Lipinski definition) is 2. The van der Waals surface area contributed by atoms with E-state index < -0.39 is 0 Å². The SMILES string of the molecule is CC(=NO)c1cccc(NC(=O)CC2CCCO2)c1. The van der Waals surface area contributed by atoms with Gasteiger partial charge >= 0.3 is 0 Å². The first-order valence-corrected chi connectivity index (χ1v) is 6.39. The van der Waals surface area contributed by atoms with E-state index in [0.29, 0.717) is 17.8 Å². The lowest BCUT2D eigenvalue weighted by molar-refractivity contribution is -0.118. The Morgan fingerprint density at radius 1 is 1.58 bits per heavy atom. The number of oxime groups is 1. The fourth-order valence-corrected chi connectivity index (χ4v) is 2.10. The number of amides is 1. The summed E-state index contributed by atoms with van der Waals surface area (Å²) in [5, 5.41) is 14.7. The van der Waals surface area contributed by atoms with Gasteiger partial charge in [-0.1, -0.05) is 17.3 Å². The first-order valence-electron chi connectivity index (χ1n) is 6.39. The van der Waals surface area contributed by atoms with Gasteiger partial charge in [0, 0.05) is 17.9 Å². The van der Waals surface area contributed by atoms with Gasteiger partial charge in [0.05, 0.1) is 18.2 Å². The van der Waals surface area contributed by atoms with Crippen LogP contribution >= 0.6 is 0 Å². The minimum atomic E-state index is -0.0531. The Labute approximate surface area is 112 Å². The second-order valence-electron chi connectivity index (χ2n) is 4.65. The Kier molecular flexibility index (Phi) is 4.52. The molecule has 1 atom stereocenters. The lowest BCUT2D eigenvalue weighted by Crippen LogP contribution is -2.19. The molecule has 1 fully saturated rings. The van der Waals surface area contributed by atoms with Gasteiger partial charge in [-0.15, -0.1) is 0 Å². The maximum atomic E-state index is 11.8. The van der Waals surface area contributed by atoms with Crippen LogP contribution < -0.4 is 5.32 Å². The van der Waals surface area contributed by atoms with Crippen molar-refractivity contribution in [2.75, 3.05) is 11.9 Å². The number of carbonyl (C=O) groups excluding carboxylic acids is 1. The molecule has 5 heteroatoms. The van der Waals surface area contributed by atoms with Gasteiger partial charge < -0.3 is 15.3 Å². The highest BCUT2D eigenvalue weighted by Gasteiger charge is 2.19. The van der Waals surface area contributed by atoms with Crippen molar-refractivity contribution in [3.63, 3.8) is 0 Å². The molecule has 0 radical (unpaired) electrons. The molecule has 1 aromatic carbocycles. The fraction of sp³-hybridized carbons (Fsp3) is 0.429. The van der Waals surface area contributed by atoms with E-state index in [0.717, 1.165) is 25.0 Å². The van der Waals surface area contributed by atoms with Gasteiger partial charge in [0.2, 0.25) is 5.91 Å². The van der Waals surface area contributed by atoms with Crippen LogP contribution in [0.1, 0.15) is 31.7 Å². The van der Waals surface area contributed by atoms with Gasteiger partial charge in [-0.3, -0.25) is 4.79 Å². The summed E-state index contributed by atoms with van der Waals surface area (Å²) in [7, 11) is 0. The Bertz CT molecular complexity index is 479. The number of ether oxygens (including phenoxy) is 1. The van der Waals surface area contributed by atoms with Crippen LogP contribution in [0.25, 0.3) is 0 Å². The average molecular weight is 262 g/mol. The van der Waals surface area contributed by atoms with Gasteiger partial charge in [-0.2, -0.15) is 0 Å². The third-order valence-electron chi connectivity index (χ3n) is 3.15. The maximum Gasteiger partial charge on any atom is 0.226 e. The normalized spacial score (nSPS) is 19.4. The first kappa shape index (κ1) is 13.5. The van der Waals surface area contributed by atoms with Crippen LogP contribution in [0, 0.1) is 0 Å². The van der Waals surface area contributed by atoms with Crippen molar-refractivity contribution in [3.8, 4) is 0 Å². The molecule has 2 N–H and O–H groups in total. The molecule has 0 aliphatic carbocycles. The largest absolute Gasteiger partial charge is 0.411 e. The zero-order valence-electron chi connectivity index (χ0n) is 10.9. The highest BCUT2D eigenvalue weighted by atomic mass is 16.5. The third kappa shape index (κ3) is 3.79. The summed E-state index contributed by atoms with van der Waals surface area (Å²) in [4.78, 5) is 11.8. The first-order chi connectivity index (χ1) is 9.19. The quantitative estimate of drug-likeness (QED) is 0.497. The Balaban J connectivity index is 1.96. The maximum absolute atomic E-state index is 11.8. The molecule has 1 unspecified atom stereocenters. The lowest BCUT2D eigenvalue weighted by atomic mass is 10.1. The van der Waals surface area contributed by atoms with Crippen molar-refractivity contribution in [2.24, 2.45) is 5.16 Å². The smallest absolute Gasteiger partial charge is 0.226 e. The molecule has 102 valence electrons. The second kappa shape index (κ2) is 6.33. The van der Waals surface area contributed by atoms with E-state index in [9.17, 15) is 4.79 Å². The zero-order chi connectivity index (χ0) is 13.7. The van der Waals surface area contributed by atoms with Crippen molar-refractivity contribution < 1.29 is 14.7 Å². The van der Waals surface area contributed by atoms with Crippen LogP contribution in [-0.4, -0.2) is 29.5 Å². The van der Waals surface area contributed by atoms with E-state index in [2.05, 4.69) is 10.5 Å². The van der Waals surface area contributed by atoms with Crippen LogP contribution in [0.3, 0.4) is 0 Å². The molecule has 1 aliphatic heterocycles. The van der Waals surface area contributed by atoms with Crippen molar-refractivity contribution in [3.05, 3.63) is 29.8 Å². The second-order valence-corrected chi connectivity index (χ2v) is 4.65. The number of rotatable bonds is 4. The number of carbonyl (C=O) groups is 1. The fourth-order valence-electron chi connectivity index (χ4n) is 2.10. The number of hydrogen-bond acceptors (Lipinski definition) is 4. The molecular formula is C14H18N2O3. The molecule has 2 rings (SSSR count). The summed E-state index contributed by atoms with van der Waals surface area (Å²) in [5.74, 6) is -0.0531. The average Bonchev–Trinajstić information content (AvgIpc) is 2.90. The van der Waals surface area contributed by atoms with E-state index in [1.165, 1.54) is 0 Å². The Morgan fingerprint density at radius 3 is 3.11 bits per heavy atom. The van der Waals surface area contributed by atoms with Crippen molar-refractivity contribution in [1.29, 1.82) is 0 Å². The molecule has 1 aromatic rings. The van der Waals surface area contributed by atoms with E-state index in [1.54, 1.807) is 13.0 Å². The molecule has 1 amide bonds. The number of nitrogens with one attached hydrogen (secondary N) is 1. The highest BCUT2D eigenvalue weighted by Crippen LogP contribution is 2.17. The summed E-state index contributed by atoms with van der Waals surface area (Å²) in [6, 6.07) is 7.22. The topological polar surface area (TPSA) is 70.9 Å². The Hall–Kier alpha value is -1.88. The van der Waals surface area contributed by atoms with Crippen molar-refractivity contribution in [1.82, 2.24) is 0 Å². The molecule has 19 heavy (non-hydrogen) atoms. The molecule has 0 spiro atoms. The van der Waals surface area contributed by atoms with Crippen LogP contribution in [0.5, 0.6) is 0 Å². The summed E-state index contributed by atoms with van der Waals surface area (Å²) < 4.78 is 5.43. The molecule has 1 saturated heterocycles. The lowest BCUT2D eigenvalue weighted by Gasteiger charge is -2.10. The van der Waals surface area contributed by atoms with Crippen LogP contribution in [-0.2, 0) is 9.53 Å². The number of anilines is 1.